The summed E-state index contributed by atoms with van der Waals surface area (Å²) >= 11 is 2.99. The Morgan fingerprint density at radius 2 is 2.05 bits per heavy atom. The molecular weight excluding hydrogens is 347 g/mol. The third-order valence-corrected chi connectivity index (χ3v) is 3.29. The Morgan fingerprint density at radius 3 is 2.62 bits per heavy atom. The highest BCUT2D eigenvalue weighted by Crippen LogP contribution is 2.32. The average Bonchev–Trinajstić information content (AvgIpc) is 2.42. The summed E-state index contributed by atoms with van der Waals surface area (Å²) in [5.41, 5.74) is -0.779. The lowest BCUT2D eigenvalue weighted by atomic mass is 10.1. The first-order valence-electron chi connectivity index (χ1n) is 5.63. The molecule has 2 rings (SSSR count). The van der Waals surface area contributed by atoms with Gasteiger partial charge in [-0.2, -0.15) is 0 Å². The summed E-state index contributed by atoms with van der Waals surface area (Å²) in [4.78, 5) is 21.3. The number of carbonyl (C=O) groups is 1. The van der Waals surface area contributed by atoms with E-state index >= 15 is 0 Å². The van der Waals surface area contributed by atoms with E-state index in [1.165, 1.54) is 24.3 Å². The molecule has 0 saturated carbocycles. The molecule has 0 aliphatic rings. The fourth-order valence-corrected chi connectivity index (χ4v) is 1.99. The number of carboxylic acids is 1. The van der Waals surface area contributed by atoms with Gasteiger partial charge in [-0.1, -0.05) is 6.07 Å². The second-order valence-electron chi connectivity index (χ2n) is 4.02. The number of nitro groups is 1. The van der Waals surface area contributed by atoms with Crippen molar-refractivity contribution >= 4 is 39.0 Å². The van der Waals surface area contributed by atoms with Crippen LogP contribution in [0.15, 0.2) is 40.9 Å². The van der Waals surface area contributed by atoms with Crippen molar-refractivity contribution in [2.75, 3.05) is 5.32 Å². The molecule has 0 aliphatic carbocycles. The zero-order valence-corrected chi connectivity index (χ0v) is 11.9. The van der Waals surface area contributed by atoms with Gasteiger partial charge in [-0.3, -0.25) is 10.1 Å². The largest absolute Gasteiger partial charge is 0.477 e. The van der Waals surface area contributed by atoms with Gasteiger partial charge >= 0.3 is 11.7 Å². The quantitative estimate of drug-likeness (QED) is 0.640. The Balaban J connectivity index is 2.48. The van der Waals surface area contributed by atoms with Crippen LogP contribution in [-0.4, -0.2) is 16.0 Å². The van der Waals surface area contributed by atoms with Gasteiger partial charge in [0, 0.05) is 5.69 Å². The van der Waals surface area contributed by atoms with E-state index in [1.54, 1.807) is 0 Å². The van der Waals surface area contributed by atoms with Crippen LogP contribution in [0.3, 0.4) is 0 Å². The second kappa shape index (κ2) is 5.88. The predicted molar refractivity (Wildman–Crippen MR) is 77.4 cm³/mol. The number of hydrogen-bond donors (Lipinski definition) is 2. The van der Waals surface area contributed by atoms with Crippen molar-refractivity contribution in [1.29, 1.82) is 0 Å². The van der Waals surface area contributed by atoms with Crippen molar-refractivity contribution in [3.8, 4) is 0 Å². The van der Waals surface area contributed by atoms with Crippen molar-refractivity contribution in [2.24, 2.45) is 0 Å². The molecule has 0 spiro atoms. The molecule has 8 heteroatoms. The number of aromatic carboxylic acids is 1. The Kier molecular flexibility index (Phi) is 4.18. The monoisotopic (exact) mass is 354 g/mol. The van der Waals surface area contributed by atoms with Crippen molar-refractivity contribution in [3.05, 3.63) is 62.4 Å². The standard InChI is InChI=1S/C13H8BrFN2O4/c14-9-5-4-7(6-10(9)15)16-11-3-1-2-8(13(18)19)12(11)17(20)21/h1-6,16H,(H,18,19). The summed E-state index contributed by atoms with van der Waals surface area (Å²) in [7, 11) is 0. The fourth-order valence-electron chi connectivity index (χ4n) is 1.74. The van der Waals surface area contributed by atoms with E-state index in [0.717, 1.165) is 12.1 Å². The molecule has 0 atom stereocenters. The maximum absolute atomic E-state index is 13.4. The number of halogens is 2. The van der Waals surface area contributed by atoms with Crippen LogP contribution in [0.5, 0.6) is 0 Å². The lowest BCUT2D eigenvalue weighted by Gasteiger charge is -2.09. The van der Waals surface area contributed by atoms with Crippen molar-refractivity contribution in [1.82, 2.24) is 0 Å². The van der Waals surface area contributed by atoms with Gasteiger partial charge in [0.1, 0.15) is 17.1 Å². The van der Waals surface area contributed by atoms with E-state index < -0.39 is 28.0 Å². The summed E-state index contributed by atoms with van der Waals surface area (Å²) in [6.07, 6.45) is 0. The van der Waals surface area contributed by atoms with Crippen LogP contribution in [-0.2, 0) is 0 Å². The third-order valence-electron chi connectivity index (χ3n) is 2.65. The maximum atomic E-state index is 13.4. The Bertz CT molecular complexity index is 736. The number of nitrogens with one attached hydrogen (secondary N) is 1. The van der Waals surface area contributed by atoms with E-state index in [1.807, 2.05) is 0 Å². The van der Waals surface area contributed by atoms with Crippen molar-refractivity contribution in [3.63, 3.8) is 0 Å². The third kappa shape index (κ3) is 3.16. The van der Waals surface area contributed by atoms with Gasteiger partial charge in [-0.15, -0.1) is 0 Å². The molecule has 0 radical (unpaired) electrons. The molecule has 0 unspecified atom stereocenters. The van der Waals surface area contributed by atoms with Crippen molar-refractivity contribution < 1.29 is 19.2 Å². The maximum Gasteiger partial charge on any atom is 0.342 e. The lowest BCUT2D eigenvalue weighted by molar-refractivity contribution is -0.384. The fraction of sp³-hybridized carbons (Fsp3) is 0. The number of nitro benzene ring substituents is 1. The molecule has 6 nitrogen and oxygen atoms in total. The summed E-state index contributed by atoms with van der Waals surface area (Å²) in [6.45, 7) is 0. The Hall–Kier alpha value is -2.48. The Morgan fingerprint density at radius 1 is 1.33 bits per heavy atom. The molecule has 2 aromatic rings. The molecule has 0 fully saturated rings. The zero-order valence-electron chi connectivity index (χ0n) is 10.3. The minimum atomic E-state index is -1.41. The second-order valence-corrected chi connectivity index (χ2v) is 4.87. The number of para-hydroxylation sites is 1. The molecule has 0 amide bonds. The SMILES string of the molecule is O=C(O)c1cccc(Nc2ccc(Br)c(F)c2)c1[N+](=O)[O-]. The van der Waals surface area contributed by atoms with Crippen LogP contribution in [0.2, 0.25) is 0 Å². The van der Waals surface area contributed by atoms with Gasteiger partial charge < -0.3 is 10.4 Å². The smallest absolute Gasteiger partial charge is 0.342 e. The molecule has 2 N–H and O–H groups in total. The molecule has 108 valence electrons. The molecule has 2 aromatic carbocycles. The highest BCUT2D eigenvalue weighted by molar-refractivity contribution is 9.10. The summed E-state index contributed by atoms with van der Waals surface area (Å²) < 4.78 is 13.7. The highest BCUT2D eigenvalue weighted by atomic mass is 79.9. The molecule has 21 heavy (non-hydrogen) atoms. The van der Waals surface area contributed by atoms with E-state index in [-0.39, 0.29) is 15.8 Å². The van der Waals surface area contributed by atoms with E-state index in [0.29, 0.717) is 0 Å². The number of carboxylic acid groups (broad SMARTS) is 1. The van der Waals surface area contributed by atoms with Gasteiger partial charge in [-0.05, 0) is 46.3 Å². The minimum Gasteiger partial charge on any atom is -0.477 e. The molecular formula is C13H8BrFN2O4. The van der Waals surface area contributed by atoms with Gasteiger partial charge in [0.25, 0.3) is 0 Å². The number of benzene rings is 2. The van der Waals surface area contributed by atoms with Gasteiger partial charge in [-0.25, -0.2) is 9.18 Å². The highest BCUT2D eigenvalue weighted by Gasteiger charge is 2.24. The van der Waals surface area contributed by atoms with Crippen LogP contribution >= 0.6 is 15.9 Å². The summed E-state index contributed by atoms with van der Waals surface area (Å²) in [5.74, 6) is -1.95. The van der Waals surface area contributed by atoms with Crippen LogP contribution in [0, 0.1) is 15.9 Å². The van der Waals surface area contributed by atoms with Crippen LogP contribution in [0.4, 0.5) is 21.5 Å². The summed E-state index contributed by atoms with van der Waals surface area (Å²) in [6, 6.07) is 7.93. The van der Waals surface area contributed by atoms with E-state index in [9.17, 15) is 19.3 Å². The van der Waals surface area contributed by atoms with Crippen molar-refractivity contribution in [2.45, 2.75) is 0 Å². The first-order chi connectivity index (χ1) is 9.90. The number of nitrogens with zero attached hydrogens (tertiary/aromatic N) is 1. The van der Waals surface area contributed by atoms with Gasteiger partial charge in [0.2, 0.25) is 0 Å². The van der Waals surface area contributed by atoms with Crippen LogP contribution in [0.1, 0.15) is 10.4 Å². The topological polar surface area (TPSA) is 92.5 Å². The molecule has 0 saturated heterocycles. The van der Waals surface area contributed by atoms with Crippen LogP contribution < -0.4 is 5.32 Å². The normalized spacial score (nSPS) is 10.2. The average molecular weight is 355 g/mol. The van der Waals surface area contributed by atoms with Gasteiger partial charge in [0.05, 0.1) is 9.40 Å². The van der Waals surface area contributed by atoms with E-state index in [2.05, 4.69) is 21.2 Å². The minimum absolute atomic E-state index is 0.0263. The zero-order chi connectivity index (χ0) is 15.6. The molecule has 0 aliphatic heterocycles. The lowest BCUT2D eigenvalue weighted by Crippen LogP contribution is -2.05. The first kappa shape index (κ1) is 14.9. The number of hydrogen-bond acceptors (Lipinski definition) is 4. The summed E-state index contributed by atoms with van der Waals surface area (Å²) in [5, 5.41) is 22.7. The predicted octanol–water partition coefficient (Wildman–Crippen LogP) is 3.94. The molecule has 0 bridgehead atoms. The molecule has 0 heterocycles. The number of rotatable bonds is 4. The number of anilines is 2. The van der Waals surface area contributed by atoms with Gasteiger partial charge in [0.15, 0.2) is 0 Å². The Labute approximate surface area is 126 Å². The molecule has 0 aromatic heterocycles. The van der Waals surface area contributed by atoms with E-state index in [4.69, 9.17) is 5.11 Å². The van der Waals surface area contributed by atoms with Crippen LogP contribution in [0.25, 0.3) is 0 Å². The first-order valence-corrected chi connectivity index (χ1v) is 6.42.